The fourth-order valence-electron chi connectivity index (χ4n) is 3.76. The van der Waals surface area contributed by atoms with Crippen LogP contribution in [-0.2, 0) is 32.2 Å². The molecule has 7 nitrogen and oxygen atoms in total. The molecule has 2 amide bonds. The van der Waals surface area contributed by atoms with E-state index < -0.39 is 0 Å². The molecule has 1 atom stereocenters. The molecule has 1 fully saturated rings. The van der Waals surface area contributed by atoms with Crippen molar-refractivity contribution in [2.45, 2.75) is 45.9 Å². The Balaban J connectivity index is 1.59. The SMILES string of the molecule is CC(C)CN(CC(=O)N(Cc1ccco1)C[C@H]1CCCO1)C(=O)COCc1ccccc1. The summed E-state index contributed by atoms with van der Waals surface area (Å²) in [6.45, 7) is 6.45. The predicted molar refractivity (Wildman–Crippen MR) is 121 cm³/mol. The summed E-state index contributed by atoms with van der Waals surface area (Å²) in [6, 6.07) is 13.4. The fraction of sp³-hybridized carbons (Fsp3) is 0.520. The van der Waals surface area contributed by atoms with Gasteiger partial charge in [-0.2, -0.15) is 0 Å². The Labute approximate surface area is 190 Å². The van der Waals surface area contributed by atoms with Gasteiger partial charge in [0.15, 0.2) is 0 Å². The lowest BCUT2D eigenvalue weighted by Crippen LogP contribution is -2.46. The molecule has 0 N–H and O–H groups in total. The number of rotatable bonds is 12. The highest BCUT2D eigenvalue weighted by atomic mass is 16.5. The molecular weight excluding hydrogens is 408 g/mol. The number of benzene rings is 1. The second-order valence-electron chi connectivity index (χ2n) is 8.64. The molecule has 1 aromatic heterocycles. The van der Waals surface area contributed by atoms with Gasteiger partial charge in [-0.3, -0.25) is 9.59 Å². The van der Waals surface area contributed by atoms with Crippen LogP contribution in [0.1, 0.15) is 38.0 Å². The number of furan rings is 1. The zero-order valence-electron chi connectivity index (χ0n) is 19.1. The van der Waals surface area contributed by atoms with Crippen molar-refractivity contribution in [2.24, 2.45) is 5.92 Å². The van der Waals surface area contributed by atoms with Gasteiger partial charge in [0.1, 0.15) is 12.4 Å². The maximum Gasteiger partial charge on any atom is 0.249 e. The lowest BCUT2D eigenvalue weighted by atomic mass is 10.2. The van der Waals surface area contributed by atoms with Crippen LogP contribution in [0.4, 0.5) is 0 Å². The van der Waals surface area contributed by atoms with Gasteiger partial charge in [0, 0.05) is 19.7 Å². The molecule has 0 radical (unpaired) electrons. The van der Waals surface area contributed by atoms with E-state index in [9.17, 15) is 9.59 Å². The van der Waals surface area contributed by atoms with Crippen molar-refractivity contribution in [3.05, 3.63) is 60.1 Å². The Bertz CT molecular complexity index is 816. The number of carbonyl (C=O) groups excluding carboxylic acids is 2. The highest BCUT2D eigenvalue weighted by Crippen LogP contribution is 2.16. The smallest absolute Gasteiger partial charge is 0.249 e. The van der Waals surface area contributed by atoms with Crippen molar-refractivity contribution < 1.29 is 23.5 Å². The molecular formula is C25H34N2O5. The molecule has 1 aliphatic heterocycles. The largest absolute Gasteiger partial charge is 0.467 e. The summed E-state index contributed by atoms with van der Waals surface area (Å²) in [4.78, 5) is 29.5. The first-order valence-corrected chi connectivity index (χ1v) is 11.3. The van der Waals surface area contributed by atoms with Crippen LogP contribution in [0, 0.1) is 5.92 Å². The number of carbonyl (C=O) groups is 2. The molecule has 7 heteroatoms. The van der Waals surface area contributed by atoms with Gasteiger partial charge in [-0.1, -0.05) is 44.2 Å². The summed E-state index contributed by atoms with van der Waals surface area (Å²) in [5.41, 5.74) is 1.01. The lowest BCUT2D eigenvalue weighted by Gasteiger charge is -2.29. The molecule has 0 aliphatic carbocycles. The Morgan fingerprint density at radius 2 is 1.91 bits per heavy atom. The number of nitrogens with zero attached hydrogens (tertiary/aromatic N) is 2. The quantitative estimate of drug-likeness (QED) is 0.503. The average molecular weight is 443 g/mol. The molecule has 0 bridgehead atoms. The van der Waals surface area contributed by atoms with Gasteiger partial charge < -0.3 is 23.7 Å². The predicted octanol–water partition coefficient (Wildman–Crippen LogP) is 3.49. The van der Waals surface area contributed by atoms with Crippen LogP contribution >= 0.6 is 0 Å². The van der Waals surface area contributed by atoms with Crippen molar-refractivity contribution in [2.75, 3.05) is 32.8 Å². The third-order valence-corrected chi connectivity index (χ3v) is 5.33. The molecule has 1 aromatic carbocycles. The second-order valence-corrected chi connectivity index (χ2v) is 8.64. The summed E-state index contributed by atoms with van der Waals surface area (Å²) < 4.78 is 16.8. The van der Waals surface area contributed by atoms with E-state index in [1.54, 1.807) is 16.1 Å². The highest BCUT2D eigenvalue weighted by Gasteiger charge is 2.26. The average Bonchev–Trinajstić information content (AvgIpc) is 3.47. The van der Waals surface area contributed by atoms with Crippen LogP contribution in [0.25, 0.3) is 0 Å². The summed E-state index contributed by atoms with van der Waals surface area (Å²) in [5.74, 6) is 0.647. The third-order valence-electron chi connectivity index (χ3n) is 5.33. The zero-order valence-corrected chi connectivity index (χ0v) is 19.1. The van der Waals surface area contributed by atoms with Crippen molar-refractivity contribution in [3.63, 3.8) is 0 Å². The first-order chi connectivity index (χ1) is 15.5. The van der Waals surface area contributed by atoms with Gasteiger partial charge in [0.25, 0.3) is 0 Å². The number of ether oxygens (including phenoxy) is 2. The van der Waals surface area contributed by atoms with Crippen LogP contribution in [0.5, 0.6) is 0 Å². The maximum absolute atomic E-state index is 13.2. The highest BCUT2D eigenvalue weighted by molar-refractivity contribution is 5.85. The van der Waals surface area contributed by atoms with Gasteiger partial charge in [-0.15, -0.1) is 0 Å². The van der Waals surface area contributed by atoms with E-state index in [1.807, 2.05) is 56.3 Å². The summed E-state index contributed by atoms with van der Waals surface area (Å²) in [7, 11) is 0. The van der Waals surface area contributed by atoms with Gasteiger partial charge in [0.05, 0.1) is 32.1 Å². The molecule has 32 heavy (non-hydrogen) atoms. The number of amides is 2. The lowest BCUT2D eigenvalue weighted by molar-refractivity contribution is -0.145. The zero-order chi connectivity index (χ0) is 22.8. The van der Waals surface area contributed by atoms with Gasteiger partial charge >= 0.3 is 0 Å². The van der Waals surface area contributed by atoms with Crippen molar-refractivity contribution in [3.8, 4) is 0 Å². The summed E-state index contributed by atoms with van der Waals surface area (Å²) in [6.07, 6.45) is 3.56. The van der Waals surface area contributed by atoms with Gasteiger partial charge in [-0.05, 0) is 36.5 Å². The van der Waals surface area contributed by atoms with Gasteiger partial charge in [-0.25, -0.2) is 0 Å². The van der Waals surface area contributed by atoms with E-state index in [0.717, 1.165) is 25.0 Å². The minimum absolute atomic E-state index is 0.0130. The van der Waals surface area contributed by atoms with Crippen molar-refractivity contribution in [1.29, 1.82) is 0 Å². The van der Waals surface area contributed by atoms with Crippen molar-refractivity contribution in [1.82, 2.24) is 9.80 Å². The first-order valence-electron chi connectivity index (χ1n) is 11.3. The molecule has 1 aliphatic rings. The van der Waals surface area contributed by atoms with Crippen LogP contribution < -0.4 is 0 Å². The minimum atomic E-state index is -0.182. The second kappa shape index (κ2) is 12.4. The van der Waals surface area contributed by atoms with E-state index in [4.69, 9.17) is 13.9 Å². The number of hydrogen-bond donors (Lipinski definition) is 0. The van der Waals surface area contributed by atoms with E-state index in [2.05, 4.69) is 0 Å². The van der Waals surface area contributed by atoms with E-state index in [1.165, 1.54) is 0 Å². The molecule has 2 heterocycles. The topological polar surface area (TPSA) is 72.2 Å². The van der Waals surface area contributed by atoms with E-state index >= 15 is 0 Å². The molecule has 3 rings (SSSR count). The van der Waals surface area contributed by atoms with Crippen LogP contribution in [0.2, 0.25) is 0 Å². The molecule has 0 spiro atoms. The monoisotopic (exact) mass is 442 g/mol. The first kappa shape index (κ1) is 24.0. The Hall–Kier alpha value is -2.64. The molecule has 0 unspecified atom stereocenters. The fourth-order valence-corrected chi connectivity index (χ4v) is 3.76. The molecule has 0 saturated carbocycles. The standard InChI is InChI=1S/C25H34N2O5/c1-20(2)14-26(25(29)19-30-18-21-8-4-3-5-9-21)17-24(28)27(15-22-10-6-12-31-22)16-23-11-7-13-32-23/h3-6,8-10,12,20,23H,7,11,13-19H2,1-2H3/t23-/m1/s1. The summed E-state index contributed by atoms with van der Waals surface area (Å²) >= 11 is 0. The van der Waals surface area contributed by atoms with E-state index in [0.29, 0.717) is 32.0 Å². The van der Waals surface area contributed by atoms with Crippen LogP contribution in [0.3, 0.4) is 0 Å². The molecule has 1 saturated heterocycles. The normalized spacial score (nSPS) is 15.8. The minimum Gasteiger partial charge on any atom is -0.467 e. The Morgan fingerprint density at radius 3 is 2.56 bits per heavy atom. The summed E-state index contributed by atoms with van der Waals surface area (Å²) in [5, 5.41) is 0. The van der Waals surface area contributed by atoms with Gasteiger partial charge in [0.2, 0.25) is 11.8 Å². The number of hydrogen-bond acceptors (Lipinski definition) is 5. The maximum atomic E-state index is 13.2. The third kappa shape index (κ3) is 7.80. The Kier molecular flexibility index (Phi) is 9.31. The van der Waals surface area contributed by atoms with Crippen LogP contribution in [-0.4, -0.2) is 60.6 Å². The molecule has 2 aromatic rings. The van der Waals surface area contributed by atoms with Crippen molar-refractivity contribution >= 4 is 11.8 Å². The molecule has 174 valence electrons. The van der Waals surface area contributed by atoms with E-state index in [-0.39, 0.29) is 37.0 Å². The Morgan fingerprint density at radius 1 is 1.09 bits per heavy atom. The van der Waals surface area contributed by atoms with Crippen LogP contribution in [0.15, 0.2) is 53.1 Å².